The third-order valence-corrected chi connectivity index (χ3v) is 29.0. The van der Waals surface area contributed by atoms with Crippen LogP contribution in [0.2, 0.25) is 18.1 Å². The van der Waals surface area contributed by atoms with Crippen LogP contribution in [0, 0.1) is 85.8 Å². The van der Waals surface area contributed by atoms with E-state index in [0.29, 0.717) is 24.9 Å². The second-order valence-electron chi connectivity index (χ2n) is 28.2. The van der Waals surface area contributed by atoms with Crippen molar-refractivity contribution in [3.05, 3.63) is 11.6 Å². The quantitative estimate of drug-likeness (QED) is 0.0681. The predicted octanol–water partition coefficient (Wildman–Crippen LogP) is 12.2. The number of carbonyl (C=O) groups is 3. The lowest BCUT2D eigenvalue weighted by Crippen LogP contribution is -2.69. The predicted molar refractivity (Wildman–Crippen MR) is 295 cm³/mol. The van der Waals surface area contributed by atoms with Crippen molar-refractivity contribution in [2.45, 2.75) is 262 Å². The molecule has 8 aliphatic rings. The number of hydrogen-bond acceptors (Lipinski definition) is 11. The standard InChI is InChI=1S/C62H105NO11Si/c1-19-44-37(7)38(8)51(74-75(20-2,21-3)22-4)54(69-44)73-52-50(72-53-39(9)36(6)35(5)33-68-53)40(10)49(41(11)65)71-55(52)70-47-26-27-58(14)45(59(47,15)34-64)25-28-60(16)46(58)24-23-42-43-31-57(12,13)29-30-62(43,56(63)66)48(67-18)32-61(42,60)17/h23,34-40,43-55H,19-22,24-33H2,1-18H3,(H2,63,66)/t35-,36-,37+,38+,39?,40-,43?,44?,45-,46?,47+,48?,49?,50+,51?,52?,53+,54+,55-,58?,59-,60+,61-,62-/m1/s1. The first-order valence-electron chi connectivity index (χ1n) is 30.2. The smallest absolute Gasteiger partial charge is 0.226 e. The highest BCUT2D eigenvalue weighted by atomic mass is 28.4. The van der Waals surface area contributed by atoms with Gasteiger partial charge in [-0.25, -0.2) is 0 Å². The van der Waals surface area contributed by atoms with E-state index in [2.05, 4.69) is 110 Å². The number of rotatable bonds is 16. The van der Waals surface area contributed by atoms with Gasteiger partial charge in [0.05, 0.1) is 48.0 Å². The molecule has 9 unspecified atom stereocenters. The Morgan fingerprint density at radius 2 is 1.39 bits per heavy atom. The van der Waals surface area contributed by atoms with E-state index in [1.807, 2.05) is 6.92 Å². The molecule has 0 bridgehead atoms. The molecule has 2 N–H and O–H groups in total. The Balaban J connectivity index is 1.16. The Kier molecular flexibility index (Phi) is 17.3. The van der Waals surface area contributed by atoms with Crippen LogP contribution in [0.4, 0.5) is 0 Å². The minimum absolute atomic E-state index is 0.00201. The zero-order valence-corrected chi connectivity index (χ0v) is 51.1. The monoisotopic (exact) mass is 1070 g/mol. The fraction of sp³-hybridized carbons (Fsp3) is 0.919. The molecule has 0 radical (unpaired) electrons. The molecule has 3 aliphatic heterocycles. The van der Waals surface area contributed by atoms with Gasteiger partial charge in [-0.15, -0.1) is 0 Å². The zero-order chi connectivity index (χ0) is 55.2. The van der Waals surface area contributed by atoms with Crippen molar-refractivity contribution < 1.29 is 52.0 Å². The summed E-state index contributed by atoms with van der Waals surface area (Å²) in [7, 11) is -0.397. The highest BCUT2D eigenvalue weighted by Gasteiger charge is 2.72. The molecular formula is C62H105NO11Si. The van der Waals surface area contributed by atoms with Gasteiger partial charge in [0.2, 0.25) is 5.91 Å². The second-order valence-corrected chi connectivity index (χ2v) is 32.9. The van der Waals surface area contributed by atoms with Gasteiger partial charge in [-0.05, 0) is 152 Å². The molecule has 4 saturated carbocycles. The van der Waals surface area contributed by atoms with Crippen molar-refractivity contribution in [2.75, 3.05) is 13.7 Å². The first-order valence-corrected chi connectivity index (χ1v) is 32.8. The van der Waals surface area contributed by atoms with Crippen molar-refractivity contribution in [1.82, 2.24) is 0 Å². The van der Waals surface area contributed by atoms with E-state index in [4.69, 9.17) is 43.3 Å². The molecule has 0 aromatic carbocycles. The molecule has 0 aromatic rings. The van der Waals surface area contributed by atoms with Crippen LogP contribution < -0.4 is 5.73 Å². The van der Waals surface area contributed by atoms with Gasteiger partial charge in [0, 0.05) is 18.9 Å². The highest BCUT2D eigenvalue weighted by molar-refractivity contribution is 6.73. The lowest BCUT2D eigenvalue weighted by Gasteiger charge is -2.71. The SMILES string of the molecule is CCC1O[C@@H](OC2[C@H](O[C@H]3CCC4(C)C5CC=C6C7CC(C)(C)CC[C@]7(C(N)=O)C(OC)C[C@@]6(C)[C@@]5(C)CC[C@H]4[C@@]3(C)C=O)OC(C(C)=O)[C@@H](C)[C@@H]2O[C@@H]2OC[C@@H](C)[C@@H](C)C2C)C(O[Si](CC)(CC)CC)[C@@H](C)[C@@H]1C. The fourth-order valence-electron chi connectivity index (χ4n) is 18.3. The summed E-state index contributed by atoms with van der Waals surface area (Å²) >= 11 is 0. The van der Waals surface area contributed by atoms with E-state index >= 15 is 0 Å². The number of primary amides is 1. The Morgan fingerprint density at radius 1 is 0.733 bits per heavy atom. The number of amides is 1. The summed E-state index contributed by atoms with van der Waals surface area (Å²) < 4.78 is 56.8. The summed E-state index contributed by atoms with van der Waals surface area (Å²) in [5.74, 6) is 0.672. The van der Waals surface area contributed by atoms with E-state index in [1.54, 1.807) is 14.0 Å². The van der Waals surface area contributed by atoms with Crippen LogP contribution in [0.25, 0.3) is 0 Å². The first kappa shape index (κ1) is 59.6. The summed E-state index contributed by atoms with van der Waals surface area (Å²) in [6.45, 7) is 38.6. The topological polar surface area (TPSA) is 151 Å². The van der Waals surface area contributed by atoms with Gasteiger partial charge in [0.25, 0.3) is 0 Å². The molecule has 24 atom stereocenters. The number of carbonyl (C=O) groups excluding carboxylic acids is 3. The van der Waals surface area contributed by atoms with Crippen LogP contribution in [-0.4, -0.2) is 102 Å². The molecule has 75 heavy (non-hydrogen) atoms. The average Bonchev–Trinajstić information content (AvgIpc) is 3.37. The van der Waals surface area contributed by atoms with Gasteiger partial charge in [0.1, 0.15) is 18.5 Å². The summed E-state index contributed by atoms with van der Waals surface area (Å²) in [4.78, 5) is 42.1. The molecule has 3 heterocycles. The summed E-state index contributed by atoms with van der Waals surface area (Å²) in [6, 6.07) is 2.96. The molecule has 12 nitrogen and oxygen atoms in total. The molecule has 3 saturated heterocycles. The minimum atomic E-state index is -2.18. The number of aldehydes is 1. The molecule has 7 fully saturated rings. The van der Waals surface area contributed by atoms with E-state index in [1.165, 1.54) is 11.9 Å². The zero-order valence-electron chi connectivity index (χ0n) is 50.1. The van der Waals surface area contributed by atoms with Crippen molar-refractivity contribution in [2.24, 2.45) is 91.5 Å². The lowest BCUT2D eigenvalue weighted by atomic mass is 9.33. The number of hydrogen-bond donors (Lipinski definition) is 1. The third-order valence-electron chi connectivity index (χ3n) is 24.4. The third kappa shape index (κ3) is 9.61. The number of Topliss-reactive ketones (excluding diaryl/α,β-unsaturated/α-hetero) is 1. The van der Waals surface area contributed by atoms with Crippen molar-refractivity contribution in [1.29, 1.82) is 0 Å². The van der Waals surface area contributed by atoms with Crippen molar-refractivity contribution >= 4 is 26.3 Å². The van der Waals surface area contributed by atoms with Gasteiger partial charge in [-0.2, -0.15) is 0 Å². The highest BCUT2D eigenvalue weighted by Crippen LogP contribution is 2.76. The van der Waals surface area contributed by atoms with Crippen LogP contribution in [0.15, 0.2) is 11.6 Å². The molecule has 1 amide bonds. The summed E-state index contributed by atoms with van der Waals surface area (Å²) in [5.41, 5.74) is 5.77. The number of allylic oxidation sites excluding steroid dienone is 2. The maximum atomic E-state index is 14.3. The lowest BCUT2D eigenvalue weighted by molar-refractivity contribution is -0.376. The van der Waals surface area contributed by atoms with Crippen LogP contribution in [0.3, 0.4) is 0 Å². The summed E-state index contributed by atoms with van der Waals surface area (Å²) in [5, 5.41) is 0. The van der Waals surface area contributed by atoms with Crippen LogP contribution in [0.1, 0.15) is 182 Å². The Morgan fingerprint density at radius 3 is 1.99 bits per heavy atom. The largest absolute Gasteiger partial charge is 0.408 e. The van der Waals surface area contributed by atoms with Gasteiger partial charge in [-0.3, -0.25) is 9.59 Å². The molecule has 428 valence electrons. The van der Waals surface area contributed by atoms with E-state index in [9.17, 15) is 14.4 Å². The Labute approximate surface area is 455 Å². The first-order chi connectivity index (χ1) is 35.2. The molecule has 8 rings (SSSR count). The van der Waals surface area contributed by atoms with Gasteiger partial charge < -0.3 is 48.1 Å². The van der Waals surface area contributed by atoms with E-state index < -0.39 is 68.4 Å². The minimum Gasteiger partial charge on any atom is -0.408 e. The molecule has 5 aliphatic carbocycles. The number of methoxy groups -OCH3 is 1. The Bertz CT molecular complexity index is 2090. The van der Waals surface area contributed by atoms with Crippen molar-refractivity contribution in [3.8, 4) is 0 Å². The molecular weight excluding hydrogens is 963 g/mol. The van der Waals surface area contributed by atoms with Crippen molar-refractivity contribution in [3.63, 3.8) is 0 Å². The molecule has 0 aromatic heterocycles. The number of fused-ring (bicyclic) bond motifs is 7. The van der Waals surface area contributed by atoms with Crippen LogP contribution in [-0.2, 0) is 52.0 Å². The average molecular weight is 1070 g/mol. The van der Waals surface area contributed by atoms with Crippen LogP contribution in [0.5, 0.6) is 0 Å². The second kappa shape index (κ2) is 21.7. The van der Waals surface area contributed by atoms with Gasteiger partial charge in [0.15, 0.2) is 33.0 Å². The number of nitrogens with two attached hydrogens (primary N) is 1. The van der Waals surface area contributed by atoms with E-state index in [-0.39, 0.29) is 87.2 Å². The van der Waals surface area contributed by atoms with Gasteiger partial charge >= 0.3 is 0 Å². The summed E-state index contributed by atoms with van der Waals surface area (Å²) in [6.07, 6.45) is 6.02. The molecule has 0 spiro atoms. The number of ketones is 1. The fourth-order valence-corrected chi connectivity index (χ4v) is 21.2. The Hall–Kier alpha value is -1.55. The van der Waals surface area contributed by atoms with Gasteiger partial charge in [-0.1, -0.05) is 122 Å². The molecule has 13 heteroatoms. The number of ether oxygens (including phenoxy) is 7. The van der Waals surface area contributed by atoms with E-state index in [0.717, 1.165) is 75.9 Å². The van der Waals surface area contributed by atoms with Crippen LogP contribution >= 0.6 is 0 Å². The maximum Gasteiger partial charge on any atom is 0.226 e. The maximum absolute atomic E-state index is 14.3. The normalized spacial score (nSPS) is 49.8.